The van der Waals surface area contributed by atoms with Crippen LogP contribution in [0.1, 0.15) is 33.8 Å². The van der Waals surface area contributed by atoms with Crippen LogP contribution in [0.2, 0.25) is 0 Å². The summed E-state index contributed by atoms with van der Waals surface area (Å²) in [4.78, 5) is 4.45. The zero-order chi connectivity index (χ0) is 28.9. The van der Waals surface area contributed by atoms with Gasteiger partial charge in [0, 0.05) is 22.9 Å². The summed E-state index contributed by atoms with van der Waals surface area (Å²) < 4.78 is 64.5. The van der Waals surface area contributed by atoms with E-state index in [4.69, 9.17) is 18.7 Å². The van der Waals surface area contributed by atoms with E-state index in [1.807, 2.05) is 32.0 Å². The maximum absolute atomic E-state index is 13.5. The lowest BCUT2D eigenvalue weighted by Gasteiger charge is -2.17. The fraction of sp³-hybridized carbons (Fsp3) is 0.310. The summed E-state index contributed by atoms with van der Waals surface area (Å²) in [5, 5.41) is 3.83. The number of halogens is 1. The average Bonchev–Trinajstić information content (AvgIpc) is 3.23. The number of pyridine rings is 1. The Hall–Kier alpha value is -3.96. The van der Waals surface area contributed by atoms with Crippen molar-refractivity contribution in [1.29, 1.82) is 0 Å². The fourth-order valence-corrected chi connectivity index (χ4v) is 5.53. The topological polar surface area (TPSA) is 113 Å². The molecule has 0 atom stereocenters. The van der Waals surface area contributed by atoms with Crippen molar-refractivity contribution in [2.75, 3.05) is 25.1 Å². The molecule has 2 aromatic heterocycles. The Bertz CT molecular complexity index is 1600. The molecule has 0 amide bonds. The van der Waals surface area contributed by atoms with Gasteiger partial charge in [-0.15, -0.1) is 0 Å². The van der Waals surface area contributed by atoms with Gasteiger partial charge in [0.05, 0.1) is 36.6 Å². The second-order valence-corrected chi connectivity index (χ2v) is 10.9. The van der Waals surface area contributed by atoms with E-state index < -0.39 is 16.7 Å². The van der Waals surface area contributed by atoms with Crippen LogP contribution in [0.25, 0.3) is 11.1 Å². The van der Waals surface area contributed by atoms with Gasteiger partial charge in [-0.05, 0) is 56.5 Å². The van der Waals surface area contributed by atoms with Crippen LogP contribution in [0, 0.1) is 27.7 Å². The van der Waals surface area contributed by atoms with Gasteiger partial charge in [0.25, 0.3) is 10.0 Å². The van der Waals surface area contributed by atoms with Crippen molar-refractivity contribution in [2.45, 2.75) is 45.8 Å². The van der Waals surface area contributed by atoms with Crippen LogP contribution >= 0.6 is 0 Å². The molecule has 2 aromatic carbocycles. The molecule has 0 aliphatic heterocycles. The van der Waals surface area contributed by atoms with E-state index in [-0.39, 0.29) is 30.6 Å². The summed E-state index contributed by atoms with van der Waals surface area (Å²) in [6.07, 6.45) is 0. The van der Waals surface area contributed by atoms with Gasteiger partial charge in [0.1, 0.15) is 13.3 Å². The zero-order valence-electron chi connectivity index (χ0n) is 23.1. The molecule has 212 valence electrons. The fourth-order valence-electron chi connectivity index (χ4n) is 4.26. The molecule has 9 nitrogen and oxygen atoms in total. The predicted octanol–water partition coefficient (Wildman–Crippen LogP) is 5.84. The van der Waals surface area contributed by atoms with Gasteiger partial charge in [-0.1, -0.05) is 35.5 Å². The highest BCUT2D eigenvalue weighted by atomic mass is 32.2. The Kier molecular flexibility index (Phi) is 9.06. The summed E-state index contributed by atoms with van der Waals surface area (Å²) in [5.41, 5.74) is 5.27. The molecule has 0 fully saturated rings. The van der Waals surface area contributed by atoms with E-state index in [2.05, 4.69) is 14.9 Å². The zero-order valence-corrected chi connectivity index (χ0v) is 23.9. The summed E-state index contributed by atoms with van der Waals surface area (Å²) in [7, 11) is -2.48. The first-order valence-electron chi connectivity index (χ1n) is 12.6. The minimum atomic E-state index is -4.04. The maximum atomic E-state index is 13.5. The monoisotopic (exact) mass is 569 g/mol. The summed E-state index contributed by atoms with van der Waals surface area (Å²) in [6, 6.07) is 13.9. The van der Waals surface area contributed by atoms with Gasteiger partial charge in [-0.3, -0.25) is 4.98 Å². The Balaban J connectivity index is 1.69. The van der Waals surface area contributed by atoms with Crippen LogP contribution in [0.5, 0.6) is 11.5 Å². The summed E-state index contributed by atoms with van der Waals surface area (Å²) >= 11 is 0. The van der Waals surface area contributed by atoms with Gasteiger partial charge in [-0.25, -0.2) is 17.5 Å². The molecule has 0 spiro atoms. The van der Waals surface area contributed by atoms with E-state index in [1.54, 1.807) is 45.2 Å². The van der Waals surface area contributed by atoms with Gasteiger partial charge >= 0.3 is 0 Å². The van der Waals surface area contributed by atoms with Crippen molar-refractivity contribution < 1.29 is 31.5 Å². The first-order valence-corrected chi connectivity index (χ1v) is 14.1. The molecule has 0 radical (unpaired) electrons. The standard InChI is InChI=1S/C29H32FN3O6S/c1-18-14-26(28(36-5)21(4)31-18)38-16-22-10-11-24(23(15-22)17-37-13-12-30)25-8-6-7-9-27(25)40(34,35)33-29-19(2)20(3)32-39-29/h6-11,14-15,33H,12-13,16-17H2,1-5H3. The number of sulfonamides is 1. The van der Waals surface area contributed by atoms with Crippen molar-refractivity contribution in [2.24, 2.45) is 0 Å². The summed E-state index contributed by atoms with van der Waals surface area (Å²) in [6.45, 7) is 6.74. The third-order valence-electron chi connectivity index (χ3n) is 6.33. The predicted molar refractivity (Wildman–Crippen MR) is 149 cm³/mol. The molecule has 0 saturated heterocycles. The lowest BCUT2D eigenvalue weighted by Crippen LogP contribution is -2.14. The van der Waals surface area contributed by atoms with Crippen molar-refractivity contribution in [1.82, 2.24) is 10.1 Å². The minimum absolute atomic E-state index is 0.0478. The molecule has 2 heterocycles. The Morgan fingerprint density at radius 3 is 2.45 bits per heavy atom. The number of nitrogens with one attached hydrogen (secondary N) is 1. The number of ether oxygens (including phenoxy) is 3. The van der Waals surface area contributed by atoms with Crippen LogP contribution in [-0.4, -0.2) is 38.9 Å². The number of nitrogens with zero attached hydrogens (tertiary/aromatic N) is 2. The quantitative estimate of drug-likeness (QED) is 0.212. The lowest BCUT2D eigenvalue weighted by atomic mass is 9.98. The van der Waals surface area contributed by atoms with Gasteiger partial charge in [-0.2, -0.15) is 0 Å². The number of rotatable bonds is 12. The van der Waals surface area contributed by atoms with E-state index >= 15 is 0 Å². The van der Waals surface area contributed by atoms with Crippen LogP contribution in [-0.2, 0) is 28.0 Å². The van der Waals surface area contributed by atoms with Crippen LogP contribution in [0.15, 0.2) is 57.9 Å². The highest BCUT2D eigenvalue weighted by Crippen LogP contribution is 2.34. The second-order valence-electron chi connectivity index (χ2n) is 9.23. The average molecular weight is 570 g/mol. The second kappa shape index (κ2) is 12.5. The molecular weight excluding hydrogens is 537 g/mol. The molecule has 11 heteroatoms. The van der Waals surface area contributed by atoms with E-state index in [0.717, 1.165) is 17.0 Å². The number of methoxy groups -OCH3 is 1. The van der Waals surface area contributed by atoms with Gasteiger partial charge in [0.15, 0.2) is 11.5 Å². The molecule has 40 heavy (non-hydrogen) atoms. The Morgan fingerprint density at radius 1 is 0.975 bits per heavy atom. The maximum Gasteiger partial charge on any atom is 0.264 e. The number of anilines is 1. The highest BCUT2D eigenvalue weighted by Gasteiger charge is 2.24. The van der Waals surface area contributed by atoms with E-state index in [9.17, 15) is 12.8 Å². The first-order chi connectivity index (χ1) is 19.1. The van der Waals surface area contributed by atoms with Crippen molar-refractivity contribution in [3.63, 3.8) is 0 Å². The number of hydrogen-bond donors (Lipinski definition) is 1. The molecular formula is C29H32FN3O6S. The first kappa shape index (κ1) is 29.0. The number of aryl methyl sites for hydroxylation is 3. The number of aromatic nitrogens is 2. The molecule has 0 unspecified atom stereocenters. The Labute approximate surface area is 233 Å². The molecule has 4 rings (SSSR count). The molecule has 1 N–H and O–H groups in total. The van der Waals surface area contributed by atoms with Gasteiger partial charge in [0.2, 0.25) is 5.88 Å². The van der Waals surface area contributed by atoms with Crippen molar-refractivity contribution in [3.8, 4) is 22.6 Å². The normalized spacial score (nSPS) is 11.4. The van der Waals surface area contributed by atoms with Crippen molar-refractivity contribution in [3.05, 3.63) is 82.3 Å². The molecule has 4 aromatic rings. The minimum Gasteiger partial charge on any atom is -0.491 e. The largest absolute Gasteiger partial charge is 0.491 e. The number of benzene rings is 2. The number of hydrogen-bond acceptors (Lipinski definition) is 8. The third-order valence-corrected chi connectivity index (χ3v) is 7.72. The number of alkyl halides is 1. The van der Waals surface area contributed by atoms with Crippen LogP contribution in [0.3, 0.4) is 0 Å². The third kappa shape index (κ3) is 6.43. The SMILES string of the molecule is COc1c(OCc2ccc(-c3ccccc3S(=O)(=O)Nc3onc(C)c3C)c(COCCF)c2)cc(C)nc1C. The van der Waals surface area contributed by atoms with Crippen LogP contribution < -0.4 is 14.2 Å². The molecule has 0 saturated carbocycles. The highest BCUT2D eigenvalue weighted by molar-refractivity contribution is 7.92. The van der Waals surface area contributed by atoms with Crippen LogP contribution in [0.4, 0.5) is 10.3 Å². The smallest absolute Gasteiger partial charge is 0.264 e. The van der Waals surface area contributed by atoms with E-state index in [0.29, 0.717) is 39.4 Å². The Morgan fingerprint density at radius 2 is 1.75 bits per heavy atom. The lowest BCUT2D eigenvalue weighted by molar-refractivity contribution is 0.107. The molecule has 0 aliphatic carbocycles. The molecule has 0 aliphatic rings. The molecule has 0 bridgehead atoms. The summed E-state index contributed by atoms with van der Waals surface area (Å²) in [5.74, 6) is 1.17. The van der Waals surface area contributed by atoms with Gasteiger partial charge < -0.3 is 18.7 Å². The van der Waals surface area contributed by atoms with Crippen molar-refractivity contribution >= 4 is 15.9 Å². The van der Waals surface area contributed by atoms with E-state index in [1.165, 1.54) is 6.07 Å².